The number of piperidine rings is 1. The molecule has 4 atom stereocenters. The number of hydrogen-bond donors (Lipinski definition) is 1. The highest BCUT2D eigenvalue weighted by atomic mass is 32.2. The summed E-state index contributed by atoms with van der Waals surface area (Å²) in [6.45, 7) is 0. The van der Waals surface area contributed by atoms with E-state index in [2.05, 4.69) is 7.05 Å². The molecule has 3 nitrogen and oxygen atoms in total. The van der Waals surface area contributed by atoms with Gasteiger partial charge in [0.15, 0.2) is 0 Å². The van der Waals surface area contributed by atoms with Crippen LogP contribution in [0.15, 0.2) is 29.2 Å². The third kappa shape index (κ3) is 2.65. The molecule has 0 aromatic heterocycles. The highest BCUT2D eigenvalue weighted by Gasteiger charge is 2.42. The lowest BCUT2D eigenvalue weighted by atomic mass is 10.0. The van der Waals surface area contributed by atoms with Gasteiger partial charge in [-0.1, -0.05) is 12.1 Å². The Morgan fingerprint density at radius 1 is 1.32 bits per heavy atom. The number of quaternary nitrogens is 1. The second kappa shape index (κ2) is 5.17. The lowest BCUT2D eigenvalue weighted by molar-refractivity contribution is -0.921. The standard InChI is InChI=1S/C15H19NO2S/c1-16-11-5-6-12(16)9-14(8-11)19-13-4-2-3-10(7-13)15(17)18/h2-4,7,11-12,14H,5-6,8-9H2,1H3,(H,17,18)/t11-,12+,14?. The first kappa shape index (κ1) is 13.0. The molecule has 2 fully saturated rings. The molecule has 2 bridgehead atoms. The molecular formula is C15H19NO2S. The Morgan fingerprint density at radius 3 is 2.63 bits per heavy atom. The quantitative estimate of drug-likeness (QED) is 0.867. The monoisotopic (exact) mass is 277 g/mol. The van der Waals surface area contributed by atoms with Gasteiger partial charge in [0.25, 0.3) is 0 Å². The average molecular weight is 277 g/mol. The van der Waals surface area contributed by atoms with Crippen LogP contribution in [0.3, 0.4) is 0 Å². The molecular weight excluding hydrogens is 258 g/mol. The number of fused-ring (bicyclic) bond motifs is 2. The number of aromatic carboxylic acids is 1. The minimum absolute atomic E-state index is 0.284. The fraction of sp³-hybridized carbons (Fsp3) is 0.533. The van der Waals surface area contributed by atoms with E-state index in [1.807, 2.05) is 23.9 Å². The number of carboxylic acid groups (broad SMARTS) is 1. The van der Waals surface area contributed by atoms with Gasteiger partial charge in [-0.05, 0) is 17.7 Å². The molecule has 1 N–H and O–H groups in total. The van der Waals surface area contributed by atoms with Crippen LogP contribution < -0.4 is 10.0 Å². The largest absolute Gasteiger partial charge is 0.545 e. The Bertz CT molecular complexity index is 477. The van der Waals surface area contributed by atoms with Crippen molar-refractivity contribution >= 4 is 17.7 Å². The molecule has 0 spiro atoms. The second-order valence-corrected chi connectivity index (χ2v) is 7.12. The second-order valence-electron chi connectivity index (χ2n) is 5.74. The summed E-state index contributed by atoms with van der Waals surface area (Å²) in [7, 11) is 2.32. The molecule has 0 radical (unpaired) electrons. The first-order valence-corrected chi connectivity index (χ1v) is 7.83. The molecule has 102 valence electrons. The molecule has 2 aliphatic heterocycles. The van der Waals surface area contributed by atoms with E-state index in [0.717, 1.165) is 17.0 Å². The molecule has 2 saturated heterocycles. The maximum absolute atomic E-state index is 10.9. The third-order valence-electron chi connectivity index (χ3n) is 4.62. The number of nitrogens with one attached hydrogen (secondary N) is 1. The van der Waals surface area contributed by atoms with Crippen molar-refractivity contribution in [2.45, 2.75) is 47.9 Å². The molecule has 2 aliphatic rings. The van der Waals surface area contributed by atoms with Crippen LogP contribution in [0.5, 0.6) is 0 Å². The molecule has 0 amide bonds. The molecule has 0 saturated carbocycles. The third-order valence-corrected chi connectivity index (χ3v) is 5.86. The van der Waals surface area contributed by atoms with Gasteiger partial charge in [0.05, 0.1) is 25.1 Å². The fourth-order valence-corrected chi connectivity index (χ4v) is 4.91. The predicted molar refractivity (Wildman–Crippen MR) is 73.3 cm³/mol. The fourth-order valence-electron chi connectivity index (χ4n) is 3.51. The summed E-state index contributed by atoms with van der Waals surface area (Å²) in [6.07, 6.45) is 5.21. The Kier molecular flexibility index (Phi) is 3.54. The van der Waals surface area contributed by atoms with Crippen molar-refractivity contribution in [3.05, 3.63) is 29.8 Å². The van der Waals surface area contributed by atoms with Crippen molar-refractivity contribution in [3.8, 4) is 0 Å². The average Bonchev–Trinajstić information content (AvgIpc) is 2.63. The summed E-state index contributed by atoms with van der Waals surface area (Å²) >= 11 is 1.84. The van der Waals surface area contributed by atoms with Crippen molar-refractivity contribution in [1.82, 2.24) is 0 Å². The number of hydrogen-bond acceptors (Lipinski definition) is 3. The highest BCUT2D eigenvalue weighted by molar-refractivity contribution is 8.00. The molecule has 0 aliphatic carbocycles. The van der Waals surface area contributed by atoms with E-state index < -0.39 is 5.97 Å². The maximum atomic E-state index is 10.9. The number of carbonyl (C=O) groups excluding carboxylic acids is 1. The van der Waals surface area contributed by atoms with Gasteiger partial charge in [0.1, 0.15) is 0 Å². The normalized spacial score (nSPS) is 33.3. The van der Waals surface area contributed by atoms with Crippen LogP contribution in [0.25, 0.3) is 0 Å². The van der Waals surface area contributed by atoms with Gasteiger partial charge in [0.2, 0.25) is 0 Å². The molecule has 1 aromatic carbocycles. The zero-order valence-corrected chi connectivity index (χ0v) is 11.9. The Labute approximate surface area is 118 Å². The van der Waals surface area contributed by atoms with Crippen molar-refractivity contribution in [3.63, 3.8) is 0 Å². The van der Waals surface area contributed by atoms with Crippen LogP contribution >= 0.6 is 11.8 Å². The maximum Gasteiger partial charge on any atom is 0.0887 e. The van der Waals surface area contributed by atoms with Gasteiger partial charge < -0.3 is 14.8 Å². The van der Waals surface area contributed by atoms with Crippen molar-refractivity contribution in [2.24, 2.45) is 0 Å². The van der Waals surface area contributed by atoms with Crippen molar-refractivity contribution in [1.29, 1.82) is 0 Å². The highest BCUT2D eigenvalue weighted by Crippen LogP contribution is 2.35. The molecule has 1 aromatic rings. The molecule has 19 heavy (non-hydrogen) atoms. The van der Waals surface area contributed by atoms with Crippen molar-refractivity contribution < 1.29 is 14.8 Å². The molecule has 2 heterocycles. The van der Waals surface area contributed by atoms with Gasteiger partial charge in [-0.25, -0.2) is 0 Å². The lowest BCUT2D eigenvalue weighted by Crippen LogP contribution is -3.15. The minimum Gasteiger partial charge on any atom is -0.545 e. The van der Waals surface area contributed by atoms with Crippen molar-refractivity contribution in [2.75, 3.05) is 7.05 Å². The van der Waals surface area contributed by atoms with Gasteiger partial charge in [0, 0.05) is 35.8 Å². The zero-order chi connectivity index (χ0) is 13.4. The van der Waals surface area contributed by atoms with E-state index >= 15 is 0 Å². The summed E-state index contributed by atoms with van der Waals surface area (Å²) in [5.41, 5.74) is 0.284. The van der Waals surface area contributed by atoms with Gasteiger partial charge >= 0.3 is 0 Å². The summed E-state index contributed by atoms with van der Waals surface area (Å²) in [6, 6.07) is 8.77. The summed E-state index contributed by atoms with van der Waals surface area (Å²) < 4.78 is 0. The smallest absolute Gasteiger partial charge is 0.0887 e. The first-order chi connectivity index (χ1) is 9.13. The number of thioether (sulfide) groups is 1. The SMILES string of the molecule is C[NH+]1[C@@H]2CC[C@H]1CC(Sc1cccc(C(=O)[O-])c1)C2. The van der Waals surface area contributed by atoms with E-state index in [-0.39, 0.29) is 5.56 Å². The van der Waals surface area contributed by atoms with E-state index in [9.17, 15) is 9.90 Å². The van der Waals surface area contributed by atoms with Gasteiger partial charge in [-0.3, -0.25) is 0 Å². The molecule has 4 heteroatoms. The summed E-state index contributed by atoms with van der Waals surface area (Å²) in [5.74, 6) is -1.09. The Balaban J connectivity index is 1.69. The van der Waals surface area contributed by atoms with E-state index in [1.54, 1.807) is 17.0 Å². The zero-order valence-electron chi connectivity index (χ0n) is 11.1. The van der Waals surface area contributed by atoms with Gasteiger partial charge in [-0.2, -0.15) is 0 Å². The minimum atomic E-state index is -1.09. The van der Waals surface area contributed by atoms with Crippen LogP contribution in [-0.2, 0) is 0 Å². The molecule has 3 rings (SSSR count). The van der Waals surface area contributed by atoms with Crippen LogP contribution in [0, 0.1) is 0 Å². The Morgan fingerprint density at radius 2 is 2.00 bits per heavy atom. The van der Waals surface area contributed by atoms with Crippen LogP contribution in [0.2, 0.25) is 0 Å². The number of carboxylic acids is 1. The predicted octanol–water partition coefficient (Wildman–Crippen LogP) is 0.350. The lowest BCUT2D eigenvalue weighted by Gasteiger charge is -2.33. The summed E-state index contributed by atoms with van der Waals surface area (Å²) in [4.78, 5) is 13.6. The van der Waals surface area contributed by atoms with Gasteiger partial charge in [-0.15, -0.1) is 11.8 Å². The van der Waals surface area contributed by atoms with Crippen LogP contribution in [0.4, 0.5) is 0 Å². The van der Waals surface area contributed by atoms with Crippen LogP contribution in [-0.4, -0.2) is 30.4 Å². The van der Waals surface area contributed by atoms with E-state index in [4.69, 9.17) is 0 Å². The topological polar surface area (TPSA) is 44.6 Å². The number of carbonyl (C=O) groups is 1. The number of benzene rings is 1. The van der Waals surface area contributed by atoms with Crippen LogP contribution in [0.1, 0.15) is 36.0 Å². The number of rotatable bonds is 3. The summed E-state index contributed by atoms with van der Waals surface area (Å²) in [5, 5.41) is 11.5. The first-order valence-electron chi connectivity index (χ1n) is 6.95. The Hall–Kier alpha value is -1.00. The van der Waals surface area contributed by atoms with E-state index in [0.29, 0.717) is 5.25 Å². The van der Waals surface area contributed by atoms with E-state index in [1.165, 1.54) is 25.7 Å². The molecule has 2 unspecified atom stereocenters.